The predicted octanol–water partition coefficient (Wildman–Crippen LogP) is 2.66. The molecule has 1 unspecified atom stereocenters. The number of thioether (sulfide) groups is 1. The number of carbonyl (C=O) groups is 1. The number of aromatic nitrogens is 1. The predicted molar refractivity (Wildman–Crippen MR) is 89.8 cm³/mol. The maximum atomic E-state index is 12.2. The van der Waals surface area contributed by atoms with Crippen LogP contribution in [0.4, 0.5) is 10.9 Å². The van der Waals surface area contributed by atoms with E-state index in [1.807, 2.05) is 6.26 Å². The minimum atomic E-state index is -0.126. The quantitative estimate of drug-likeness (QED) is 0.687. The maximum absolute atomic E-state index is 12.2. The maximum Gasteiger partial charge on any atom is 0.265 e. The highest BCUT2D eigenvalue weighted by molar-refractivity contribution is 7.98. The molecule has 20 heavy (non-hydrogen) atoms. The molecule has 1 aromatic heterocycles. The van der Waals surface area contributed by atoms with Gasteiger partial charge in [0.1, 0.15) is 10.7 Å². The van der Waals surface area contributed by atoms with E-state index in [1.165, 1.54) is 11.3 Å². The molecule has 0 fully saturated rings. The van der Waals surface area contributed by atoms with Gasteiger partial charge in [-0.05, 0) is 18.6 Å². The van der Waals surface area contributed by atoms with Crippen LogP contribution in [-0.4, -0.2) is 35.5 Å². The molecule has 5 nitrogen and oxygen atoms in total. The number of nitrogens with one attached hydrogen (secondary N) is 2. The molecule has 1 heterocycles. The zero-order valence-electron chi connectivity index (χ0n) is 12.5. The van der Waals surface area contributed by atoms with Gasteiger partial charge in [-0.25, -0.2) is 4.98 Å². The van der Waals surface area contributed by atoms with E-state index in [0.29, 0.717) is 21.7 Å². The number of thiazole rings is 1. The van der Waals surface area contributed by atoms with Crippen molar-refractivity contribution in [3.05, 3.63) is 4.88 Å². The highest BCUT2D eigenvalue weighted by atomic mass is 32.2. The van der Waals surface area contributed by atoms with Crippen molar-refractivity contribution >= 4 is 40.0 Å². The Balaban J connectivity index is 2.68. The molecule has 114 valence electrons. The minimum Gasteiger partial charge on any atom is -0.382 e. The van der Waals surface area contributed by atoms with Gasteiger partial charge in [-0.2, -0.15) is 11.8 Å². The summed E-state index contributed by atoms with van der Waals surface area (Å²) in [6.45, 7) is 7.11. The van der Waals surface area contributed by atoms with Crippen LogP contribution < -0.4 is 16.4 Å². The van der Waals surface area contributed by atoms with Crippen LogP contribution >= 0.6 is 23.1 Å². The first-order valence-corrected chi connectivity index (χ1v) is 8.98. The van der Waals surface area contributed by atoms with Crippen LogP contribution in [0.3, 0.4) is 0 Å². The molecule has 1 aromatic rings. The summed E-state index contributed by atoms with van der Waals surface area (Å²) in [6.07, 6.45) is 2.94. The first kappa shape index (κ1) is 17.1. The fraction of sp³-hybridized carbons (Fsp3) is 0.692. The molecule has 0 aliphatic rings. The monoisotopic (exact) mass is 316 g/mol. The topological polar surface area (TPSA) is 80.0 Å². The number of hydrogen-bond acceptors (Lipinski definition) is 6. The Hall–Kier alpha value is -0.950. The number of nitrogens with two attached hydrogens (primary N) is 1. The van der Waals surface area contributed by atoms with Crippen molar-refractivity contribution in [1.29, 1.82) is 0 Å². The van der Waals surface area contributed by atoms with Gasteiger partial charge in [0.2, 0.25) is 0 Å². The normalized spacial score (nSPS) is 12.4. The second-order valence-corrected chi connectivity index (χ2v) is 6.95. The van der Waals surface area contributed by atoms with E-state index < -0.39 is 0 Å². The smallest absolute Gasteiger partial charge is 0.265 e. The van der Waals surface area contributed by atoms with Gasteiger partial charge in [0.05, 0.1) is 0 Å². The van der Waals surface area contributed by atoms with Gasteiger partial charge < -0.3 is 16.4 Å². The van der Waals surface area contributed by atoms with Crippen molar-refractivity contribution in [2.24, 2.45) is 5.92 Å². The lowest BCUT2D eigenvalue weighted by atomic mass is 10.2. The molecule has 0 aromatic carbocycles. The summed E-state index contributed by atoms with van der Waals surface area (Å²) < 4.78 is 0. The van der Waals surface area contributed by atoms with Crippen LogP contribution in [0.15, 0.2) is 0 Å². The van der Waals surface area contributed by atoms with Crippen molar-refractivity contribution in [3.8, 4) is 0 Å². The molecule has 1 atom stereocenters. The second-order valence-electron chi connectivity index (χ2n) is 5.04. The number of hydrogen-bond donors (Lipinski definition) is 3. The van der Waals surface area contributed by atoms with Crippen molar-refractivity contribution in [2.45, 2.75) is 33.2 Å². The second kappa shape index (κ2) is 8.36. The van der Waals surface area contributed by atoms with Crippen LogP contribution in [0.2, 0.25) is 0 Å². The summed E-state index contributed by atoms with van der Waals surface area (Å²) in [5, 5.41) is 6.91. The van der Waals surface area contributed by atoms with Gasteiger partial charge in [-0.3, -0.25) is 4.79 Å². The van der Waals surface area contributed by atoms with Gasteiger partial charge in [0.15, 0.2) is 5.13 Å². The van der Waals surface area contributed by atoms with E-state index in [-0.39, 0.29) is 11.9 Å². The Bertz CT molecular complexity index is 434. The number of carbonyl (C=O) groups excluding carboxylic acids is 1. The third-order valence-electron chi connectivity index (χ3n) is 2.72. The van der Waals surface area contributed by atoms with Gasteiger partial charge in [-0.1, -0.05) is 32.1 Å². The Morgan fingerprint density at radius 2 is 2.20 bits per heavy atom. The van der Waals surface area contributed by atoms with Crippen LogP contribution in [0.5, 0.6) is 0 Å². The number of nitrogen functional groups attached to an aromatic ring is 1. The Labute approximate surface area is 129 Å². The van der Waals surface area contributed by atoms with E-state index in [4.69, 9.17) is 5.73 Å². The lowest BCUT2D eigenvalue weighted by molar-refractivity contribution is 0.0945. The molecule has 0 saturated heterocycles. The van der Waals surface area contributed by atoms with Crippen molar-refractivity contribution < 1.29 is 4.79 Å². The van der Waals surface area contributed by atoms with Crippen LogP contribution in [-0.2, 0) is 0 Å². The molecule has 7 heteroatoms. The SMILES string of the molecule is CCC(CSC)NC(=O)c1sc(NCC(C)C)nc1N. The highest BCUT2D eigenvalue weighted by Crippen LogP contribution is 2.25. The Morgan fingerprint density at radius 3 is 2.75 bits per heavy atom. The average molecular weight is 316 g/mol. The molecule has 4 N–H and O–H groups in total. The van der Waals surface area contributed by atoms with E-state index in [0.717, 1.165) is 18.7 Å². The van der Waals surface area contributed by atoms with E-state index in [1.54, 1.807) is 11.8 Å². The minimum absolute atomic E-state index is 0.126. The van der Waals surface area contributed by atoms with Crippen molar-refractivity contribution in [3.63, 3.8) is 0 Å². The first-order chi connectivity index (χ1) is 9.47. The van der Waals surface area contributed by atoms with Gasteiger partial charge in [0, 0.05) is 18.3 Å². The largest absolute Gasteiger partial charge is 0.382 e. The molecular weight excluding hydrogens is 292 g/mol. The Morgan fingerprint density at radius 1 is 1.50 bits per heavy atom. The molecular formula is C13H24N4OS2. The van der Waals surface area contributed by atoms with Gasteiger partial charge in [0.25, 0.3) is 5.91 Å². The third kappa shape index (κ3) is 5.20. The number of anilines is 2. The van der Waals surface area contributed by atoms with E-state index in [2.05, 4.69) is 36.4 Å². The lowest BCUT2D eigenvalue weighted by Crippen LogP contribution is -2.36. The van der Waals surface area contributed by atoms with E-state index in [9.17, 15) is 4.79 Å². The highest BCUT2D eigenvalue weighted by Gasteiger charge is 2.18. The summed E-state index contributed by atoms with van der Waals surface area (Å²) in [7, 11) is 0. The number of nitrogens with zero attached hydrogens (tertiary/aromatic N) is 1. The molecule has 0 radical (unpaired) electrons. The summed E-state index contributed by atoms with van der Waals surface area (Å²) in [5.74, 6) is 1.60. The molecule has 1 rings (SSSR count). The summed E-state index contributed by atoms with van der Waals surface area (Å²) in [4.78, 5) is 16.9. The van der Waals surface area contributed by atoms with Crippen molar-refractivity contribution in [2.75, 3.05) is 29.6 Å². The number of rotatable bonds is 8. The van der Waals surface area contributed by atoms with Crippen LogP contribution in [0.1, 0.15) is 36.9 Å². The molecule has 0 aliphatic heterocycles. The third-order valence-corrected chi connectivity index (χ3v) is 4.48. The van der Waals surface area contributed by atoms with Crippen LogP contribution in [0.25, 0.3) is 0 Å². The number of amides is 1. The van der Waals surface area contributed by atoms with Gasteiger partial charge >= 0.3 is 0 Å². The standard InChI is InChI=1S/C13H24N4OS2/c1-5-9(7-19-4)16-12(18)10-11(14)17-13(20-10)15-6-8(2)3/h8-9H,5-7,14H2,1-4H3,(H,15,17)(H,16,18). The molecule has 0 spiro atoms. The molecule has 0 bridgehead atoms. The van der Waals surface area contributed by atoms with E-state index >= 15 is 0 Å². The summed E-state index contributed by atoms with van der Waals surface area (Å²) in [5.41, 5.74) is 5.83. The molecule has 0 aliphatic carbocycles. The zero-order valence-corrected chi connectivity index (χ0v) is 14.2. The lowest BCUT2D eigenvalue weighted by Gasteiger charge is -2.14. The summed E-state index contributed by atoms with van der Waals surface area (Å²) >= 11 is 3.04. The fourth-order valence-electron chi connectivity index (χ4n) is 1.58. The first-order valence-electron chi connectivity index (χ1n) is 6.77. The van der Waals surface area contributed by atoms with Crippen molar-refractivity contribution in [1.82, 2.24) is 10.3 Å². The van der Waals surface area contributed by atoms with Crippen LogP contribution in [0, 0.1) is 5.92 Å². The molecule has 1 amide bonds. The fourth-order valence-corrected chi connectivity index (χ4v) is 3.09. The molecule has 0 saturated carbocycles. The summed E-state index contributed by atoms with van der Waals surface area (Å²) in [6, 6.07) is 0.172. The average Bonchev–Trinajstić information content (AvgIpc) is 2.77. The van der Waals surface area contributed by atoms with Gasteiger partial charge in [-0.15, -0.1) is 0 Å². The Kier molecular flexibility index (Phi) is 7.15. The zero-order chi connectivity index (χ0) is 15.1.